The Balaban J connectivity index is 1.88. The fraction of sp³-hybridized carbons (Fsp3) is 0.200. The summed E-state index contributed by atoms with van der Waals surface area (Å²) in [5.41, 5.74) is 3.60. The molecule has 1 aromatic heterocycles. The van der Waals surface area contributed by atoms with Crippen molar-refractivity contribution in [3.05, 3.63) is 78.4 Å². The molecule has 0 aliphatic rings. The zero-order valence-electron chi connectivity index (χ0n) is 14.0. The third-order valence-corrected chi connectivity index (χ3v) is 5.23. The maximum absolute atomic E-state index is 4.41. The Morgan fingerprint density at radius 3 is 2.62 bits per heavy atom. The molecule has 0 amide bonds. The molecule has 0 aliphatic carbocycles. The number of hydrogen-bond acceptors (Lipinski definition) is 3. The summed E-state index contributed by atoms with van der Waals surface area (Å²) in [5, 5.41) is 10.0. The average Bonchev–Trinajstić information content (AvgIpc) is 2.96. The molecule has 3 nitrogen and oxygen atoms in total. The van der Waals surface area contributed by atoms with Gasteiger partial charge in [0.2, 0.25) is 0 Å². The molecule has 0 saturated heterocycles. The van der Waals surface area contributed by atoms with Gasteiger partial charge >= 0.3 is 0 Å². The fourth-order valence-electron chi connectivity index (χ4n) is 2.65. The van der Waals surface area contributed by atoms with E-state index < -0.39 is 0 Å². The van der Waals surface area contributed by atoms with E-state index in [1.165, 1.54) is 11.1 Å². The number of thioether (sulfide) groups is 1. The summed E-state index contributed by atoms with van der Waals surface area (Å²) < 4.78 is 2.07. The van der Waals surface area contributed by atoms with Crippen LogP contribution in [-0.2, 0) is 7.05 Å². The van der Waals surface area contributed by atoms with Crippen LogP contribution in [0.15, 0.2) is 72.4 Å². The third-order valence-electron chi connectivity index (χ3n) is 3.91. The molecular formula is C20H21N3S. The summed E-state index contributed by atoms with van der Waals surface area (Å²) in [6, 6.07) is 18.8. The maximum Gasteiger partial charge on any atom is 0.191 e. The zero-order chi connectivity index (χ0) is 16.9. The summed E-state index contributed by atoms with van der Waals surface area (Å²) in [6.45, 7) is 5.98. The predicted molar refractivity (Wildman–Crippen MR) is 101 cm³/mol. The van der Waals surface area contributed by atoms with E-state index in [2.05, 4.69) is 76.8 Å². The van der Waals surface area contributed by atoms with Crippen LogP contribution in [0, 0.1) is 6.92 Å². The molecule has 1 heterocycles. The zero-order valence-corrected chi connectivity index (χ0v) is 14.8. The molecule has 24 heavy (non-hydrogen) atoms. The molecule has 1 unspecified atom stereocenters. The van der Waals surface area contributed by atoms with Crippen LogP contribution in [0.5, 0.6) is 0 Å². The SMILES string of the molecule is C=CCC(Sc1nnc(-c2cccc(C)c2)n1C)c1ccccc1. The Morgan fingerprint density at radius 1 is 1.12 bits per heavy atom. The van der Waals surface area contributed by atoms with Crippen LogP contribution >= 0.6 is 11.8 Å². The van der Waals surface area contributed by atoms with Crippen molar-refractivity contribution in [3.63, 3.8) is 0 Å². The lowest BCUT2D eigenvalue weighted by Gasteiger charge is -2.14. The third kappa shape index (κ3) is 3.60. The normalized spacial score (nSPS) is 12.1. The summed E-state index contributed by atoms with van der Waals surface area (Å²) in [5.74, 6) is 0.895. The van der Waals surface area contributed by atoms with Gasteiger partial charge in [-0.05, 0) is 25.0 Å². The van der Waals surface area contributed by atoms with E-state index in [4.69, 9.17) is 0 Å². The van der Waals surface area contributed by atoms with Gasteiger partial charge in [-0.25, -0.2) is 0 Å². The second-order valence-corrected chi connectivity index (χ2v) is 6.95. The highest BCUT2D eigenvalue weighted by Crippen LogP contribution is 2.37. The molecule has 0 saturated carbocycles. The van der Waals surface area contributed by atoms with E-state index >= 15 is 0 Å². The minimum atomic E-state index is 0.289. The summed E-state index contributed by atoms with van der Waals surface area (Å²) in [6.07, 6.45) is 2.85. The van der Waals surface area contributed by atoms with Crippen molar-refractivity contribution < 1.29 is 0 Å². The van der Waals surface area contributed by atoms with Gasteiger partial charge in [-0.3, -0.25) is 0 Å². The molecule has 0 fully saturated rings. The minimum Gasteiger partial charge on any atom is -0.305 e. The Morgan fingerprint density at radius 2 is 1.92 bits per heavy atom. The Kier molecular flexibility index (Phi) is 5.16. The van der Waals surface area contributed by atoms with Crippen LogP contribution < -0.4 is 0 Å². The van der Waals surface area contributed by atoms with Gasteiger partial charge in [0.15, 0.2) is 11.0 Å². The lowest BCUT2D eigenvalue weighted by molar-refractivity contribution is 0.787. The van der Waals surface area contributed by atoms with Crippen LogP contribution in [0.4, 0.5) is 0 Å². The first-order valence-electron chi connectivity index (χ1n) is 7.98. The topological polar surface area (TPSA) is 30.7 Å². The summed E-state index contributed by atoms with van der Waals surface area (Å²) in [7, 11) is 2.02. The quantitative estimate of drug-likeness (QED) is 0.458. The van der Waals surface area contributed by atoms with Crippen molar-refractivity contribution in [3.8, 4) is 11.4 Å². The molecule has 0 spiro atoms. The van der Waals surface area contributed by atoms with Gasteiger partial charge in [-0.15, -0.1) is 16.8 Å². The largest absolute Gasteiger partial charge is 0.305 e. The van der Waals surface area contributed by atoms with E-state index in [0.29, 0.717) is 0 Å². The van der Waals surface area contributed by atoms with Crippen LogP contribution in [0.2, 0.25) is 0 Å². The van der Waals surface area contributed by atoms with E-state index in [1.54, 1.807) is 11.8 Å². The highest BCUT2D eigenvalue weighted by Gasteiger charge is 2.17. The standard InChI is InChI=1S/C20H21N3S/c1-4-9-18(16-11-6-5-7-12-16)24-20-22-21-19(23(20)3)17-13-8-10-15(2)14-17/h4-8,10-14,18H,1,9H2,2-3H3. The molecule has 3 rings (SSSR count). The first kappa shape index (κ1) is 16.5. The molecule has 0 N–H and O–H groups in total. The van der Waals surface area contributed by atoms with E-state index in [9.17, 15) is 0 Å². The number of benzene rings is 2. The summed E-state index contributed by atoms with van der Waals surface area (Å²) in [4.78, 5) is 0. The molecule has 1 atom stereocenters. The Bertz CT molecular complexity index is 824. The van der Waals surface area contributed by atoms with Gasteiger partial charge in [-0.2, -0.15) is 0 Å². The van der Waals surface area contributed by atoms with Gasteiger partial charge < -0.3 is 4.57 Å². The number of allylic oxidation sites excluding steroid dienone is 1. The molecule has 0 aliphatic heterocycles. The molecular weight excluding hydrogens is 314 g/mol. The molecule has 122 valence electrons. The Hall–Kier alpha value is -2.33. The van der Waals surface area contributed by atoms with Gasteiger partial charge in [0.25, 0.3) is 0 Å². The molecule has 0 bridgehead atoms. The lowest BCUT2D eigenvalue weighted by Crippen LogP contribution is -1.98. The number of rotatable bonds is 6. The van der Waals surface area contributed by atoms with Crippen LogP contribution in [-0.4, -0.2) is 14.8 Å². The van der Waals surface area contributed by atoms with Crippen LogP contribution in [0.25, 0.3) is 11.4 Å². The smallest absolute Gasteiger partial charge is 0.191 e. The monoisotopic (exact) mass is 335 g/mol. The number of nitrogens with zero attached hydrogens (tertiary/aromatic N) is 3. The van der Waals surface area contributed by atoms with Crippen molar-refractivity contribution in [1.82, 2.24) is 14.8 Å². The van der Waals surface area contributed by atoms with Crippen molar-refractivity contribution in [2.24, 2.45) is 7.05 Å². The van der Waals surface area contributed by atoms with Crippen LogP contribution in [0.1, 0.15) is 22.8 Å². The molecule has 3 aromatic rings. The van der Waals surface area contributed by atoms with Crippen molar-refractivity contribution in [2.75, 3.05) is 0 Å². The van der Waals surface area contributed by atoms with E-state index in [-0.39, 0.29) is 5.25 Å². The van der Waals surface area contributed by atoms with Gasteiger partial charge in [0, 0.05) is 17.9 Å². The first-order chi connectivity index (χ1) is 11.7. The molecule has 4 heteroatoms. The van der Waals surface area contributed by atoms with Crippen molar-refractivity contribution in [1.29, 1.82) is 0 Å². The highest BCUT2D eigenvalue weighted by molar-refractivity contribution is 7.99. The lowest BCUT2D eigenvalue weighted by atomic mass is 10.1. The Labute approximate surface area is 147 Å². The second-order valence-electron chi connectivity index (χ2n) is 5.78. The molecule has 2 aromatic carbocycles. The first-order valence-corrected chi connectivity index (χ1v) is 8.86. The number of hydrogen-bond donors (Lipinski definition) is 0. The van der Waals surface area contributed by atoms with E-state index in [0.717, 1.165) is 23.0 Å². The van der Waals surface area contributed by atoms with E-state index in [1.807, 2.05) is 19.2 Å². The fourth-order valence-corrected chi connectivity index (χ4v) is 3.76. The highest BCUT2D eigenvalue weighted by atomic mass is 32.2. The molecule has 0 radical (unpaired) electrons. The van der Waals surface area contributed by atoms with Crippen molar-refractivity contribution in [2.45, 2.75) is 23.8 Å². The number of aryl methyl sites for hydroxylation is 1. The summed E-state index contributed by atoms with van der Waals surface area (Å²) >= 11 is 1.73. The van der Waals surface area contributed by atoms with Gasteiger partial charge in [0.05, 0.1) is 0 Å². The van der Waals surface area contributed by atoms with Gasteiger partial charge in [0.1, 0.15) is 0 Å². The predicted octanol–water partition coefficient (Wildman–Crippen LogP) is 5.20. The number of aromatic nitrogens is 3. The minimum absolute atomic E-state index is 0.289. The van der Waals surface area contributed by atoms with Crippen LogP contribution in [0.3, 0.4) is 0 Å². The maximum atomic E-state index is 4.41. The average molecular weight is 335 g/mol. The van der Waals surface area contributed by atoms with Gasteiger partial charge in [-0.1, -0.05) is 71.9 Å². The van der Waals surface area contributed by atoms with Crippen molar-refractivity contribution >= 4 is 11.8 Å². The second kappa shape index (κ2) is 7.49.